The summed E-state index contributed by atoms with van der Waals surface area (Å²) < 4.78 is 0. The Hall–Kier alpha value is -1.43. The zero-order valence-electron chi connectivity index (χ0n) is 9.82. The van der Waals surface area contributed by atoms with Crippen LogP contribution in [0.2, 0.25) is 0 Å². The lowest BCUT2D eigenvalue weighted by Gasteiger charge is -2.11. The summed E-state index contributed by atoms with van der Waals surface area (Å²) in [6, 6.07) is 0.382. The van der Waals surface area contributed by atoms with Gasteiger partial charge in [0.15, 0.2) is 0 Å². The Morgan fingerprint density at radius 1 is 1.12 bits per heavy atom. The monoisotopic (exact) mass is 233 g/mol. The number of aliphatic carboxylic acids is 2. The van der Waals surface area contributed by atoms with Crippen LogP contribution in [0.3, 0.4) is 0 Å². The highest BCUT2D eigenvalue weighted by Gasteiger charge is 2.06. The molecule has 0 aromatic rings. The summed E-state index contributed by atoms with van der Waals surface area (Å²) >= 11 is 0. The highest BCUT2D eigenvalue weighted by atomic mass is 16.4. The van der Waals surface area contributed by atoms with E-state index in [2.05, 4.69) is 12.2 Å². The van der Waals surface area contributed by atoms with Crippen molar-refractivity contribution in [2.75, 3.05) is 7.05 Å². The quantitative estimate of drug-likeness (QED) is 0.598. The van der Waals surface area contributed by atoms with Gasteiger partial charge in [-0.25, -0.2) is 9.59 Å². The smallest absolute Gasteiger partial charge is 0.414 e. The van der Waals surface area contributed by atoms with Gasteiger partial charge in [0, 0.05) is 18.9 Å². The SMILES string of the molecule is CCC(=O)CC(CC)NC.O=C(O)C(=O)O. The minimum absolute atomic E-state index is 0.348. The lowest BCUT2D eigenvalue weighted by molar-refractivity contribution is -0.159. The molecule has 1 atom stereocenters. The van der Waals surface area contributed by atoms with Gasteiger partial charge in [0.2, 0.25) is 0 Å². The number of hydrogen-bond acceptors (Lipinski definition) is 4. The van der Waals surface area contributed by atoms with Gasteiger partial charge in [0.25, 0.3) is 0 Å². The predicted molar refractivity (Wildman–Crippen MR) is 58.3 cm³/mol. The van der Waals surface area contributed by atoms with Crippen LogP contribution < -0.4 is 5.32 Å². The maximum Gasteiger partial charge on any atom is 0.414 e. The van der Waals surface area contributed by atoms with Crippen molar-refractivity contribution in [3.63, 3.8) is 0 Å². The first-order valence-electron chi connectivity index (χ1n) is 5.04. The molecule has 0 saturated carbocycles. The summed E-state index contributed by atoms with van der Waals surface area (Å²) in [6.07, 6.45) is 2.38. The van der Waals surface area contributed by atoms with Gasteiger partial charge in [-0.15, -0.1) is 0 Å². The Balaban J connectivity index is 0. The van der Waals surface area contributed by atoms with Crippen molar-refractivity contribution in [1.82, 2.24) is 5.32 Å². The number of nitrogens with one attached hydrogen (secondary N) is 1. The van der Waals surface area contributed by atoms with Crippen molar-refractivity contribution < 1.29 is 24.6 Å². The van der Waals surface area contributed by atoms with Crippen molar-refractivity contribution in [2.24, 2.45) is 0 Å². The fraction of sp³-hybridized carbons (Fsp3) is 0.700. The second kappa shape index (κ2) is 10.1. The molecule has 0 heterocycles. The molecule has 16 heavy (non-hydrogen) atoms. The van der Waals surface area contributed by atoms with E-state index < -0.39 is 11.9 Å². The first-order valence-corrected chi connectivity index (χ1v) is 5.04. The highest BCUT2D eigenvalue weighted by molar-refractivity contribution is 6.27. The molecule has 0 amide bonds. The first-order chi connectivity index (χ1) is 7.38. The van der Waals surface area contributed by atoms with Crippen LogP contribution in [0.15, 0.2) is 0 Å². The van der Waals surface area contributed by atoms with Gasteiger partial charge >= 0.3 is 11.9 Å². The third-order valence-corrected chi connectivity index (χ3v) is 1.95. The van der Waals surface area contributed by atoms with Crippen molar-refractivity contribution in [1.29, 1.82) is 0 Å². The number of carboxylic acids is 2. The molecule has 0 aliphatic carbocycles. The fourth-order valence-electron chi connectivity index (χ4n) is 0.870. The van der Waals surface area contributed by atoms with Crippen molar-refractivity contribution in [3.8, 4) is 0 Å². The number of carboxylic acid groups (broad SMARTS) is 2. The molecule has 0 fully saturated rings. The fourth-order valence-corrected chi connectivity index (χ4v) is 0.870. The van der Waals surface area contributed by atoms with Crippen LogP contribution in [0.25, 0.3) is 0 Å². The lowest BCUT2D eigenvalue weighted by Crippen LogP contribution is -2.26. The average molecular weight is 233 g/mol. The molecular formula is C10H19NO5. The Labute approximate surface area is 94.7 Å². The summed E-state index contributed by atoms with van der Waals surface area (Å²) in [7, 11) is 1.90. The van der Waals surface area contributed by atoms with E-state index in [0.717, 1.165) is 6.42 Å². The summed E-state index contributed by atoms with van der Waals surface area (Å²) in [5.74, 6) is -3.30. The molecule has 1 unspecified atom stereocenters. The molecule has 0 aromatic heterocycles. The molecule has 0 aromatic carbocycles. The van der Waals surface area contributed by atoms with E-state index in [1.54, 1.807) is 0 Å². The van der Waals surface area contributed by atoms with Crippen molar-refractivity contribution >= 4 is 17.7 Å². The van der Waals surface area contributed by atoms with Gasteiger partial charge in [-0.3, -0.25) is 4.79 Å². The van der Waals surface area contributed by atoms with Crippen molar-refractivity contribution in [3.05, 3.63) is 0 Å². The van der Waals surface area contributed by atoms with Gasteiger partial charge in [-0.05, 0) is 13.5 Å². The third kappa shape index (κ3) is 10.6. The minimum atomic E-state index is -1.82. The van der Waals surface area contributed by atoms with E-state index >= 15 is 0 Å². The molecule has 94 valence electrons. The Kier molecular flexibility index (Phi) is 10.7. The topological polar surface area (TPSA) is 104 Å². The number of carbonyl (C=O) groups is 3. The molecular weight excluding hydrogens is 214 g/mol. The average Bonchev–Trinajstić information content (AvgIpc) is 2.26. The Morgan fingerprint density at radius 2 is 1.56 bits per heavy atom. The van der Waals surface area contributed by atoms with Crippen LogP contribution in [0.5, 0.6) is 0 Å². The van der Waals surface area contributed by atoms with E-state index in [0.29, 0.717) is 24.7 Å². The number of hydrogen-bond donors (Lipinski definition) is 3. The highest BCUT2D eigenvalue weighted by Crippen LogP contribution is 1.99. The standard InChI is InChI=1S/C8H17NO.C2H2O4/c1-4-7(9-3)6-8(10)5-2;3-1(4)2(5)6/h7,9H,4-6H2,1-3H3;(H,3,4)(H,5,6). The Morgan fingerprint density at radius 3 is 1.75 bits per heavy atom. The maximum atomic E-state index is 10.9. The number of rotatable bonds is 5. The molecule has 3 N–H and O–H groups in total. The third-order valence-electron chi connectivity index (χ3n) is 1.95. The molecule has 0 radical (unpaired) electrons. The van der Waals surface area contributed by atoms with E-state index in [4.69, 9.17) is 19.8 Å². The molecule has 0 aliphatic heterocycles. The van der Waals surface area contributed by atoms with Gasteiger partial charge in [-0.1, -0.05) is 13.8 Å². The normalized spacial score (nSPS) is 10.9. The summed E-state index contributed by atoms with van der Waals surface area (Å²) in [5.41, 5.74) is 0. The molecule has 0 aliphatic rings. The second-order valence-electron chi connectivity index (χ2n) is 3.10. The molecule has 6 heteroatoms. The van der Waals surface area contributed by atoms with Crippen LogP contribution in [0.1, 0.15) is 33.1 Å². The van der Waals surface area contributed by atoms with Gasteiger partial charge in [-0.2, -0.15) is 0 Å². The van der Waals surface area contributed by atoms with Crippen LogP contribution in [-0.4, -0.2) is 41.0 Å². The van der Waals surface area contributed by atoms with E-state index in [-0.39, 0.29) is 0 Å². The maximum absolute atomic E-state index is 10.9. The predicted octanol–water partition coefficient (Wildman–Crippen LogP) is 0.509. The lowest BCUT2D eigenvalue weighted by atomic mass is 10.1. The minimum Gasteiger partial charge on any atom is -0.473 e. The van der Waals surface area contributed by atoms with Gasteiger partial charge in [0.05, 0.1) is 0 Å². The molecule has 0 saturated heterocycles. The van der Waals surface area contributed by atoms with Crippen LogP contribution >= 0.6 is 0 Å². The summed E-state index contributed by atoms with van der Waals surface area (Å²) in [6.45, 7) is 3.99. The molecule has 0 spiro atoms. The summed E-state index contributed by atoms with van der Waals surface area (Å²) in [5, 5.41) is 17.9. The van der Waals surface area contributed by atoms with E-state index in [1.165, 1.54) is 0 Å². The number of carbonyl (C=O) groups excluding carboxylic acids is 1. The van der Waals surface area contributed by atoms with Crippen LogP contribution in [-0.2, 0) is 14.4 Å². The first kappa shape index (κ1) is 17.0. The molecule has 0 bridgehead atoms. The van der Waals surface area contributed by atoms with Crippen molar-refractivity contribution in [2.45, 2.75) is 39.2 Å². The molecule has 6 nitrogen and oxygen atoms in total. The molecule has 0 rings (SSSR count). The summed E-state index contributed by atoms with van der Waals surface area (Å²) in [4.78, 5) is 29.1. The zero-order chi connectivity index (χ0) is 13.1. The largest absolute Gasteiger partial charge is 0.473 e. The van der Waals surface area contributed by atoms with Crippen LogP contribution in [0.4, 0.5) is 0 Å². The van der Waals surface area contributed by atoms with E-state index in [1.807, 2.05) is 14.0 Å². The second-order valence-corrected chi connectivity index (χ2v) is 3.10. The zero-order valence-corrected chi connectivity index (χ0v) is 9.82. The van der Waals surface area contributed by atoms with Crippen LogP contribution in [0, 0.1) is 0 Å². The Bertz CT molecular complexity index is 223. The number of Topliss-reactive ketones (excluding diaryl/α,β-unsaturated/α-hetero) is 1. The number of ketones is 1. The van der Waals surface area contributed by atoms with E-state index in [9.17, 15) is 4.79 Å². The van der Waals surface area contributed by atoms with Gasteiger partial charge < -0.3 is 15.5 Å². The van der Waals surface area contributed by atoms with Gasteiger partial charge in [0.1, 0.15) is 5.78 Å².